The SMILES string of the molecule is CCN1CCCC1CN=C(N)NCCNC(=O)c1ccccc1F.I. The van der Waals surface area contributed by atoms with Crippen LogP contribution in [0.2, 0.25) is 0 Å². The van der Waals surface area contributed by atoms with Crippen LogP contribution in [0.5, 0.6) is 0 Å². The van der Waals surface area contributed by atoms with Crippen molar-refractivity contribution in [1.29, 1.82) is 0 Å². The average molecular weight is 463 g/mol. The van der Waals surface area contributed by atoms with Gasteiger partial charge in [0.1, 0.15) is 5.82 Å². The van der Waals surface area contributed by atoms with E-state index in [2.05, 4.69) is 27.4 Å². The zero-order valence-electron chi connectivity index (χ0n) is 14.5. The molecule has 0 spiro atoms. The quantitative estimate of drug-likeness (QED) is 0.248. The number of nitrogens with two attached hydrogens (primary N) is 1. The van der Waals surface area contributed by atoms with Crippen LogP contribution in [-0.2, 0) is 0 Å². The van der Waals surface area contributed by atoms with Crippen molar-refractivity contribution in [2.75, 3.05) is 32.7 Å². The van der Waals surface area contributed by atoms with Crippen LogP contribution in [0.1, 0.15) is 30.1 Å². The highest BCUT2D eigenvalue weighted by atomic mass is 127. The molecule has 0 aliphatic carbocycles. The highest BCUT2D eigenvalue weighted by Gasteiger charge is 2.22. The Morgan fingerprint density at radius 2 is 2.08 bits per heavy atom. The van der Waals surface area contributed by atoms with Crippen molar-refractivity contribution in [3.8, 4) is 0 Å². The van der Waals surface area contributed by atoms with Gasteiger partial charge in [-0.05, 0) is 38.1 Å². The van der Waals surface area contributed by atoms with Crippen molar-refractivity contribution in [2.24, 2.45) is 10.7 Å². The third-order valence-corrected chi connectivity index (χ3v) is 4.21. The lowest BCUT2D eigenvalue weighted by Gasteiger charge is -2.20. The van der Waals surface area contributed by atoms with Crippen molar-refractivity contribution >= 4 is 35.8 Å². The number of amides is 1. The number of likely N-dealkylation sites (N-methyl/N-ethyl adjacent to an activating group) is 1. The summed E-state index contributed by atoms with van der Waals surface area (Å²) in [6, 6.07) is 6.37. The first kappa shape index (κ1) is 21.6. The topological polar surface area (TPSA) is 82.8 Å². The van der Waals surface area contributed by atoms with Crippen molar-refractivity contribution < 1.29 is 9.18 Å². The van der Waals surface area contributed by atoms with Crippen molar-refractivity contribution in [3.63, 3.8) is 0 Å². The number of hydrogen-bond acceptors (Lipinski definition) is 3. The summed E-state index contributed by atoms with van der Waals surface area (Å²) in [5.41, 5.74) is 5.88. The summed E-state index contributed by atoms with van der Waals surface area (Å²) >= 11 is 0. The summed E-state index contributed by atoms with van der Waals surface area (Å²) < 4.78 is 13.5. The van der Waals surface area contributed by atoms with Crippen LogP contribution in [-0.4, -0.2) is 55.5 Å². The second-order valence-corrected chi connectivity index (χ2v) is 5.81. The lowest BCUT2D eigenvalue weighted by Crippen LogP contribution is -2.39. The Morgan fingerprint density at radius 3 is 2.80 bits per heavy atom. The number of aliphatic imine (C=N–C) groups is 1. The minimum Gasteiger partial charge on any atom is -0.370 e. The highest BCUT2D eigenvalue weighted by Crippen LogP contribution is 2.16. The summed E-state index contributed by atoms with van der Waals surface area (Å²) in [5.74, 6) is -0.589. The van der Waals surface area contributed by atoms with E-state index >= 15 is 0 Å². The summed E-state index contributed by atoms with van der Waals surface area (Å²) in [5, 5.41) is 5.61. The molecule has 1 aromatic carbocycles. The predicted molar refractivity (Wildman–Crippen MR) is 109 cm³/mol. The molecule has 1 heterocycles. The number of likely N-dealkylation sites (tertiary alicyclic amines) is 1. The number of guanidine groups is 1. The maximum atomic E-state index is 13.5. The minimum absolute atomic E-state index is 0. The van der Waals surface area contributed by atoms with Crippen LogP contribution in [0.4, 0.5) is 4.39 Å². The molecule has 1 aliphatic heterocycles. The van der Waals surface area contributed by atoms with Gasteiger partial charge in [-0.15, -0.1) is 24.0 Å². The third-order valence-electron chi connectivity index (χ3n) is 4.21. The van der Waals surface area contributed by atoms with Gasteiger partial charge < -0.3 is 16.4 Å². The van der Waals surface area contributed by atoms with Crippen LogP contribution >= 0.6 is 24.0 Å². The highest BCUT2D eigenvalue weighted by molar-refractivity contribution is 14.0. The first-order valence-electron chi connectivity index (χ1n) is 8.42. The molecule has 1 unspecified atom stereocenters. The standard InChI is InChI=1S/C17H26FN5O.HI/c1-2-23-11-5-6-13(23)12-22-17(19)21-10-9-20-16(24)14-7-3-4-8-15(14)18;/h3-4,7-8,13H,2,5-6,9-12H2,1H3,(H,20,24)(H3,19,21,22);1H. The second kappa shape index (κ2) is 11.2. The number of nitrogens with zero attached hydrogens (tertiary/aromatic N) is 2. The van der Waals surface area contributed by atoms with E-state index in [1.165, 1.54) is 18.6 Å². The Morgan fingerprint density at radius 1 is 1.36 bits per heavy atom. The van der Waals surface area contributed by atoms with E-state index in [0.717, 1.165) is 19.5 Å². The molecule has 1 saturated heterocycles. The molecule has 4 N–H and O–H groups in total. The van der Waals surface area contributed by atoms with Gasteiger partial charge >= 0.3 is 0 Å². The first-order valence-corrected chi connectivity index (χ1v) is 8.42. The number of hydrogen-bond donors (Lipinski definition) is 3. The van der Waals surface area contributed by atoms with Gasteiger partial charge in [-0.2, -0.15) is 0 Å². The summed E-state index contributed by atoms with van der Waals surface area (Å²) in [7, 11) is 0. The zero-order valence-corrected chi connectivity index (χ0v) is 16.8. The molecule has 0 saturated carbocycles. The Hall–Kier alpha value is -1.42. The number of nitrogens with one attached hydrogen (secondary N) is 2. The normalized spacial score (nSPS) is 17.8. The third kappa shape index (κ3) is 6.77. The van der Waals surface area contributed by atoms with E-state index in [0.29, 0.717) is 31.6 Å². The van der Waals surface area contributed by atoms with Gasteiger partial charge in [-0.25, -0.2) is 4.39 Å². The fourth-order valence-electron chi connectivity index (χ4n) is 2.89. The van der Waals surface area contributed by atoms with Crippen molar-refractivity contribution in [3.05, 3.63) is 35.6 Å². The molecule has 2 rings (SSSR count). The van der Waals surface area contributed by atoms with E-state index in [1.54, 1.807) is 12.1 Å². The van der Waals surface area contributed by atoms with Crippen molar-refractivity contribution in [2.45, 2.75) is 25.8 Å². The summed E-state index contributed by atoms with van der Waals surface area (Å²) in [6.45, 7) is 5.80. The minimum atomic E-state index is -0.527. The summed E-state index contributed by atoms with van der Waals surface area (Å²) in [4.78, 5) is 18.6. The molecular formula is C17H27FIN5O. The van der Waals surface area contributed by atoms with Gasteiger partial charge in [-0.3, -0.25) is 14.7 Å². The number of carbonyl (C=O) groups is 1. The predicted octanol–water partition coefficient (Wildman–Crippen LogP) is 1.56. The van der Waals surface area contributed by atoms with Crippen LogP contribution in [0, 0.1) is 5.82 Å². The Labute approximate surface area is 165 Å². The molecule has 1 aliphatic rings. The fraction of sp³-hybridized carbons (Fsp3) is 0.529. The van der Waals surface area contributed by atoms with E-state index in [-0.39, 0.29) is 29.5 Å². The van der Waals surface area contributed by atoms with E-state index < -0.39 is 11.7 Å². The van der Waals surface area contributed by atoms with Crippen LogP contribution < -0.4 is 16.4 Å². The lowest BCUT2D eigenvalue weighted by atomic mass is 10.2. The molecule has 1 amide bonds. The second-order valence-electron chi connectivity index (χ2n) is 5.81. The smallest absolute Gasteiger partial charge is 0.254 e. The van der Waals surface area contributed by atoms with E-state index in [9.17, 15) is 9.18 Å². The van der Waals surface area contributed by atoms with Gasteiger partial charge in [0.05, 0.1) is 12.1 Å². The molecule has 25 heavy (non-hydrogen) atoms. The lowest BCUT2D eigenvalue weighted by molar-refractivity contribution is 0.0950. The monoisotopic (exact) mass is 463 g/mol. The largest absolute Gasteiger partial charge is 0.370 e. The Balaban J connectivity index is 0.00000312. The Bertz CT molecular complexity index is 584. The Kier molecular flexibility index (Phi) is 9.73. The van der Waals surface area contributed by atoms with Crippen molar-refractivity contribution in [1.82, 2.24) is 15.5 Å². The van der Waals surface area contributed by atoms with E-state index in [4.69, 9.17) is 5.73 Å². The number of halogens is 2. The number of benzene rings is 1. The van der Waals surface area contributed by atoms with Crippen LogP contribution in [0.25, 0.3) is 0 Å². The molecule has 0 aromatic heterocycles. The van der Waals surface area contributed by atoms with Crippen LogP contribution in [0.15, 0.2) is 29.3 Å². The molecule has 0 radical (unpaired) electrons. The number of rotatable bonds is 7. The maximum Gasteiger partial charge on any atom is 0.254 e. The number of carbonyl (C=O) groups excluding carboxylic acids is 1. The van der Waals surface area contributed by atoms with Gasteiger partial charge in [0, 0.05) is 19.1 Å². The van der Waals surface area contributed by atoms with Crippen LogP contribution in [0.3, 0.4) is 0 Å². The first-order chi connectivity index (χ1) is 11.6. The molecule has 140 valence electrons. The average Bonchev–Trinajstić information content (AvgIpc) is 3.04. The van der Waals surface area contributed by atoms with Gasteiger partial charge in [0.15, 0.2) is 5.96 Å². The fourth-order valence-corrected chi connectivity index (χ4v) is 2.89. The molecule has 1 aromatic rings. The molecule has 1 atom stereocenters. The van der Waals surface area contributed by atoms with Gasteiger partial charge in [0.2, 0.25) is 0 Å². The molecule has 0 bridgehead atoms. The summed E-state index contributed by atoms with van der Waals surface area (Å²) in [6.07, 6.45) is 2.37. The van der Waals surface area contributed by atoms with Gasteiger partial charge in [-0.1, -0.05) is 19.1 Å². The molecular weight excluding hydrogens is 436 g/mol. The van der Waals surface area contributed by atoms with Gasteiger partial charge in [0.25, 0.3) is 5.91 Å². The molecule has 6 nitrogen and oxygen atoms in total. The van der Waals surface area contributed by atoms with E-state index in [1.807, 2.05) is 0 Å². The molecule has 1 fully saturated rings. The maximum absolute atomic E-state index is 13.5. The molecule has 8 heteroatoms. The zero-order chi connectivity index (χ0) is 17.4.